The highest BCUT2D eigenvalue weighted by Gasteiger charge is 2.61. The Hall–Kier alpha value is -3.99. The van der Waals surface area contributed by atoms with Gasteiger partial charge in [-0.3, -0.25) is 14.6 Å². The molecule has 1 fully saturated rings. The van der Waals surface area contributed by atoms with Gasteiger partial charge in [-0.2, -0.15) is 0 Å². The van der Waals surface area contributed by atoms with Crippen LogP contribution in [0.3, 0.4) is 0 Å². The zero-order valence-corrected chi connectivity index (χ0v) is 26.7. The first-order valence-electron chi connectivity index (χ1n) is 14.5. The highest BCUT2D eigenvalue weighted by atomic mass is 79.9. The third-order valence-electron chi connectivity index (χ3n) is 8.85. The summed E-state index contributed by atoms with van der Waals surface area (Å²) in [5.74, 6) is -2.28. The number of aromatic nitrogens is 1. The topological polar surface area (TPSA) is 131 Å². The summed E-state index contributed by atoms with van der Waals surface area (Å²) in [5.41, 5.74) is -2.03. The van der Waals surface area contributed by atoms with Gasteiger partial charge in [-0.05, 0) is 69.5 Å². The molecule has 2 aliphatic rings. The van der Waals surface area contributed by atoms with Gasteiger partial charge in [0.05, 0.1) is 5.56 Å². The quantitative estimate of drug-likeness (QED) is 0.212. The number of rotatable bonds is 7. The van der Waals surface area contributed by atoms with Gasteiger partial charge in [-0.25, -0.2) is 9.59 Å². The van der Waals surface area contributed by atoms with Gasteiger partial charge in [0.15, 0.2) is 0 Å². The Bertz CT molecular complexity index is 1620. The molecule has 6 atom stereocenters. The second-order valence-corrected chi connectivity index (χ2v) is 12.6. The molecule has 10 nitrogen and oxygen atoms in total. The average Bonchev–Trinajstić information content (AvgIpc) is 2.97. The Labute approximate surface area is 263 Å². The lowest BCUT2D eigenvalue weighted by atomic mass is 9.61. The van der Waals surface area contributed by atoms with Crippen molar-refractivity contribution >= 4 is 33.8 Å². The van der Waals surface area contributed by atoms with Crippen LogP contribution >= 0.6 is 15.9 Å². The van der Waals surface area contributed by atoms with Crippen molar-refractivity contribution in [2.75, 3.05) is 0 Å². The van der Waals surface area contributed by atoms with E-state index in [4.69, 9.17) is 23.4 Å². The fourth-order valence-electron chi connectivity index (χ4n) is 6.39. The molecule has 0 spiro atoms. The number of halogens is 1. The molecule has 0 N–H and O–H groups in total. The monoisotopic (exact) mass is 667 g/mol. The van der Waals surface area contributed by atoms with E-state index in [9.17, 15) is 19.2 Å². The Morgan fingerprint density at radius 2 is 1.82 bits per heavy atom. The van der Waals surface area contributed by atoms with Crippen LogP contribution in [0.2, 0.25) is 0 Å². The number of carbonyl (C=O) groups is 3. The molecule has 232 valence electrons. The van der Waals surface area contributed by atoms with Gasteiger partial charge in [0.25, 0.3) is 0 Å². The molecule has 0 saturated heterocycles. The number of esters is 3. The summed E-state index contributed by atoms with van der Waals surface area (Å²) < 4.78 is 31.0. The van der Waals surface area contributed by atoms with Crippen LogP contribution < -0.4 is 10.4 Å². The second-order valence-electron chi connectivity index (χ2n) is 11.7. The first-order chi connectivity index (χ1) is 20.8. The lowest BCUT2D eigenvalue weighted by molar-refractivity contribution is -0.210. The standard InChI is InChI=1S/C33H34BrNO9/c1-6-32(4,43-19(3)37)22-14-24-29(42-30(38)20-9-11-23(34)12-10-20)28-26(44-33(24,5)27(15-22)40-18(2)36)16-25(41-31(28)39)21-8-7-13-35-17-21/h7-13,16-17,22,24,27,29H,6,14-15H2,1-5H3/t22-,24-,27-,29-,32+,33-/m1/s1. The Morgan fingerprint density at radius 3 is 2.43 bits per heavy atom. The van der Waals surface area contributed by atoms with E-state index in [1.54, 1.807) is 61.8 Å². The van der Waals surface area contributed by atoms with Crippen LogP contribution in [0.25, 0.3) is 11.3 Å². The molecule has 5 rings (SSSR count). The zero-order chi connectivity index (χ0) is 31.8. The normalized spacial score (nSPS) is 25.3. The summed E-state index contributed by atoms with van der Waals surface area (Å²) in [6.45, 7) is 8.19. The third-order valence-corrected chi connectivity index (χ3v) is 9.38. The largest absolute Gasteiger partial charge is 0.482 e. The molecule has 3 heterocycles. The highest BCUT2D eigenvalue weighted by molar-refractivity contribution is 9.10. The number of ether oxygens (including phenoxy) is 4. The van der Waals surface area contributed by atoms with Crippen molar-refractivity contribution < 1.29 is 37.7 Å². The van der Waals surface area contributed by atoms with Gasteiger partial charge >= 0.3 is 23.5 Å². The summed E-state index contributed by atoms with van der Waals surface area (Å²) in [6.07, 6.45) is 2.29. The molecular formula is C33H34BrNO9. The maximum absolute atomic E-state index is 13.7. The lowest BCUT2D eigenvalue weighted by Crippen LogP contribution is -2.63. The van der Waals surface area contributed by atoms with E-state index < -0.39 is 52.9 Å². The van der Waals surface area contributed by atoms with E-state index in [1.807, 2.05) is 13.8 Å². The van der Waals surface area contributed by atoms with Crippen molar-refractivity contribution in [2.45, 2.75) is 77.3 Å². The highest BCUT2D eigenvalue weighted by Crippen LogP contribution is 2.55. The molecule has 44 heavy (non-hydrogen) atoms. The third kappa shape index (κ3) is 6.02. The number of benzene rings is 1. The minimum atomic E-state index is -1.23. The summed E-state index contributed by atoms with van der Waals surface area (Å²) >= 11 is 3.37. The molecular weight excluding hydrogens is 634 g/mol. The lowest BCUT2D eigenvalue weighted by Gasteiger charge is -2.55. The van der Waals surface area contributed by atoms with Crippen LogP contribution in [-0.4, -0.2) is 40.2 Å². The van der Waals surface area contributed by atoms with Crippen LogP contribution in [0, 0.1) is 11.8 Å². The molecule has 0 bridgehead atoms. The van der Waals surface area contributed by atoms with E-state index in [0.717, 1.165) is 4.47 Å². The molecule has 3 aromatic rings. The van der Waals surface area contributed by atoms with Crippen molar-refractivity contribution in [3.63, 3.8) is 0 Å². The summed E-state index contributed by atoms with van der Waals surface area (Å²) in [5, 5.41) is 0. The molecule has 1 saturated carbocycles. The first-order valence-corrected chi connectivity index (χ1v) is 15.2. The molecule has 1 aromatic carbocycles. The smallest absolute Gasteiger partial charge is 0.347 e. The summed E-state index contributed by atoms with van der Waals surface area (Å²) in [7, 11) is 0. The molecule has 0 amide bonds. The van der Waals surface area contributed by atoms with Crippen LogP contribution in [-0.2, 0) is 23.8 Å². The predicted octanol–water partition coefficient (Wildman–Crippen LogP) is 6.20. The first kappa shape index (κ1) is 31.4. The van der Waals surface area contributed by atoms with Gasteiger partial charge in [0, 0.05) is 54.2 Å². The Kier molecular flexibility index (Phi) is 8.71. The van der Waals surface area contributed by atoms with E-state index in [0.29, 0.717) is 24.8 Å². The van der Waals surface area contributed by atoms with Gasteiger partial charge in [-0.1, -0.05) is 22.9 Å². The molecule has 0 radical (unpaired) electrons. The maximum atomic E-state index is 13.7. The van der Waals surface area contributed by atoms with Crippen LogP contribution in [0.15, 0.2) is 68.5 Å². The van der Waals surface area contributed by atoms with E-state index >= 15 is 0 Å². The van der Waals surface area contributed by atoms with E-state index in [1.165, 1.54) is 13.8 Å². The second kappa shape index (κ2) is 12.2. The van der Waals surface area contributed by atoms with Gasteiger partial charge in [-0.15, -0.1) is 0 Å². The van der Waals surface area contributed by atoms with E-state index in [-0.39, 0.29) is 28.6 Å². The molecule has 0 unspecified atom stereocenters. The summed E-state index contributed by atoms with van der Waals surface area (Å²) in [4.78, 5) is 56.0. The number of pyridine rings is 1. The fourth-order valence-corrected chi connectivity index (χ4v) is 6.66. The van der Waals surface area contributed by atoms with Crippen molar-refractivity contribution in [1.82, 2.24) is 4.98 Å². The van der Waals surface area contributed by atoms with Gasteiger partial charge in [0.1, 0.15) is 40.5 Å². The van der Waals surface area contributed by atoms with Crippen molar-refractivity contribution in [1.29, 1.82) is 0 Å². The van der Waals surface area contributed by atoms with Gasteiger partial charge < -0.3 is 23.4 Å². The SMILES string of the molecule is CC[C@](C)(OC(C)=O)[C@@H]1C[C@@H]2[C@@H](OC(=O)c3ccc(Br)cc3)c3c(cc(-c4cccnc4)oc3=O)O[C@@]2(C)[C@H](OC(C)=O)C1. The Balaban J connectivity index is 1.67. The van der Waals surface area contributed by atoms with Gasteiger partial charge in [0.2, 0.25) is 0 Å². The van der Waals surface area contributed by atoms with Crippen LogP contribution in [0.5, 0.6) is 5.75 Å². The number of hydrogen-bond acceptors (Lipinski definition) is 10. The molecule has 11 heteroatoms. The molecule has 2 aromatic heterocycles. The summed E-state index contributed by atoms with van der Waals surface area (Å²) in [6, 6.07) is 11.7. The van der Waals surface area contributed by atoms with Crippen molar-refractivity contribution in [3.8, 4) is 17.1 Å². The number of carbonyl (C=O) groups excluding carboxylic acids is 3. The zero-order valence-electron chi connectivity index (χ0n) is 25.1. The average molecular weight is 669 g/mol. The fraction of sp³-hybridized carbons (Fsp3) is 0.424. The van der Waals surface area contributed by atoms with Crippen molar-refractivity contribution in [2.24, 2.45) is 11.8 Å². The minimum Gasteiger partial charge on any atom is -0.482 e. The predicted molar refractivity (Wildman–Crippen MR) is 162 cm³/mol. The number of fused-ring (bicyclic) bond motifs is 2. The number of hydrogen-bond donors (Lipinski definition) is 0. The van der Waals surface area contributed by atoms with Crippen molar-refractivity contribution in [3.05, 3.63) is 80.9 Å². The molecule has 1 aliphatic heterocycles. The van der Waals surface area contributed by atoms with Crippen LogP contribution in [0.4, 0.5) is 0 Å². The maximum Gasteiger partial charge on any atom is 0.347 e. The number of nitrogens with zero attached hydrogens (tertiary/aromatic N) is 1. The van der Waals surface area contributed by atoms with E-state index in [2.05, 4.69) is 20.9 Å². The minimum absolute atomic E-state index is 0.0403. The Morgan fingerprint density at radius 1 is 1.09 bits per heavy atom. The van der Waals surface area contributed by atoms with Crippen LogP contribution in [0.1, 0.15) is 75.9 Å². The molecule has 1 aliphatic carbocycles.